The zero-order chi connectivity index (χ0) is 17.1. The number of aromatic nitrogens is 4. The highest BCUT2D eigenvalue weighted by Gasteiger charge is 2.30. The SMILES string of the molecule is C=CCn1nc(C(=O)O)c2c1CCC(N(C)Cc1ccncn1)C2. The molecule has 3 rings (SSSR count). The van der Waals surface area contributed by atoms with Crippen molar-refractivity contribution in [2.24, 2.45) is 0 Å². The smallest absolute Gasteiger partial charge is 0.356 e. The Morgan fingerprint density at radius 2 is 2.42 bits per heavy atom. The minimum atomic E-state index is -0.965. The maximum atomic E-state index is 11.5. The van der Waals surface area contributed by atoms with Crippen LogP contribution >= 0.6 is 0 Å². The molecule has 24 heavy (non-hydrogen) atoms. The normalized spacial score (nSPS) is 16.8. The van der Waals surface area contributed by atoms with Crippen molar-refractivity contribution < 1.29 is 9.90 Å². The average molecular weight is 327 g/mol. The minimum Gasteiger partial charge on any atom is -0.476 e. The molecule has 0 saturated carbocycles. The number of aromatic carboxylic acids is 1. The topological polar surface area (TPSA) is 84.1 Å². The van der Waals surface area contributed by atoms with Gasteiger partial charge in [-0.2, -0.15) is 5.10 Å². The average Bonchev–Trinajstić information content (AvgIpc) is 2.94. The van der Waals surface area contributed by atoms with Gasteiger partial charge in [0.15, 0.2) is 5.69 Å². The van der Waals surface area contributed by atoms with Gasteiger partial charge in [0.2, 0.25) is 0 Å². The van der Waals surface area contributed by atoms with Gasteiger partial charge in [-0.1, -0.05) is 6.08 Å². The second-order valence-electron chi connectivity index (χ2n) is 6.06. The Morgan fingerprint density at radius 1 is 1.58 bits per heavy atom. The van der Waals surface area contributed by atoms with Crippen LogP contribution in [0.25, 0.3) is 0 Å². The standard InChI is InChI=1S/C17H21N5O2/c1-3-8-22-15-5-4-13(9-14(15)16(20-22)17(23)24)21(2)10-12-6-7-18-11-19-12/h3,6-7,11,13H,1,4-5,8-10H2,2H3,(H,23,24). The van der Waals surface area contributed by atoms with Gasteiger partial charge in [0, 0.05) is 30.0 Å². The number of hydrogen-bond donors (Lipinski definition) is 1. The zero-order valence-electron chi connectivity index (χ0n) is 13.7. The van der Waals surface area contributed by atoms with Gasteiger partial charge in [-0.15, -0.1) is 6.58 Å². The van der Waals surface area contributed by atoms with Gasteiger partial charge >= 0.3 is 5.97 Å². The fraction of sp³-hybridized carbons (Fsp3) is 0.412. The summed E-state index contributed by atoms with van der Waals surface area (Å²) in [5, 5.41) is 13.7. The zero-order valence-corrected chi connectivity index (χ0v) is 13.7. The molecule has 0 spiro atoms. The van der Waals surface area contributed by atoms with Crippen molar-refractivity contribution in [2.45, 2.75) is 38.4 Å². The van der Waals surface area contributed by atoms with Crippen LogP contribution in [0.5, 0.6) is 0 Å². The molecule has 1 aliphatic carbocycles. The summed E-state index contributed by atoms with van der Waals surface area (Å²) in [7, 11) is 2.05. The molecule has 0 aromatic carbocycles. The number of rotatable bonds is 6. The molecule has 0 aliphatic heterocycles. The first-order valence-corrected chi connectivity index (χ1v) is 7.98. The van der Waals surface area contributed by atoms with E-state index in [1.165, 1.54) is 0 Å². The van der Waals surface area contributed by atoms with Gasteiger partial charge in [0.25, 0.3) is 0 Å². The van der Waals surface area contributed by atoms with E-state index in [0.29, 0.717) is 19.5 Å². The summed E-state index contributed by atoms with van der Waals surface area (Å²) in [6.45, 7) is 4.97. The van der Waals surface area contributed by atoms with E-state index in [9.17, 15) is 9.90 Å². The molecule has 2 aromatic rings. The molecule has 0 bridgehead atoms. The summed E-state index contributed by atoms with van der Waals surface area (Å²) >= 11 is 0. The van der Waals surface area contributed by atoms with Crippen LogP contribution in [0.3, 0.4) is 0 Å². The molecule has 1 atom stereocenters. The Kier molecular flexibility index (Phi) is 4.71. The Balaban J connectivity index is 1.80. The molecule has 0 saturated heterocycles. The molecule has 7 nitrogen and oxygen atoms in total. The molecule has 2 heterocycles. The predicted octanol–water partition coefficient (Wildman–Crippen LogP) is 1.55. The second kappa shape index (κ2) is 6.92. The number of carbonyl (C=O) groups is 1. The van der Waals surface area contributed by atoms with Crippen LogP contribution in [-0.4, -0.2) is 48.8 Å². The lowest BCUT2D eigenvalue weighted by Gasteiger charge is -2.31. The van der Waals surface area contributed by atoms with Crippen molar-refractivity contribution in [3.8, 4) is 0 Å². The molecular formula is C17H21N5O2. The van der Waals surface area contributed by atoms with Crippen LogP contribution in [0.4, 0.5) is 0 Å². The van der Waals surface area contributed by atoms with Crippen LogP contribution in [0.15, 0.2) is 31.2 Å². The van der Waals surface area contributed by atoms with E-state index in [0.717, 1.165) is 29.8 Å². The summed E-state index contributed by atoms with van der Waals surface area (Å²) in [6.07, 6.45) is 7.50. The van der Waals surface area contributed by atoms with E-state index in [1.54, 1.807) is 23.3 Å². The van der Waals surface area contributed by atoms with Crippen molar-refractivity contribution in [2.75, 3.05) is 7.05 Å². The summed E-state index contributed by atoms with van der Waals surface area (Å²) in [5.74, 6) is -0.965. The second-order valence-corrected chi connectivity index (χ2v) is 6.06. The number of hydrogen-bond acceptors (Lipinski definition) is 5. The lowest BCUT2D eigenvalue weighted by atomic mass is 9.90. The molecule has 2 aromatic heterocycles. The molecule has 1 unspecified atom stereocenters. The van der Waals surface area contributed by atoms with Crippen LogP contribution in [-0.2, 0) is 25.9 Å². The van der Waals surface area contributed by atoms with Gasteiger partial charge in [0.1, 0.15) is 6.33 Å². The third kappa shape index (κ3) is 3.21. The Bertz CT molecular complexity index is 741. The van der Waals surface area contributed by atoms with E-state index in [2.05, 4.69) is 26.5 Å². The van der Waals surface area contributed by atoms with Crippen molar-refractivity contribution in [3.05, 3.63) is 53.9 Å². The maximum absolute atomic E-state index is 11.5. The molecule has 0 amide bonds. The molecule has 1 N–H and O–H groups in total. The monoisotopic (exact) mass is 327 g/mol. The first-order valence-electron chi connectivity index (χ1n) is 7.98. The molecule has 7 heteroatoms. The quantitative estimate of drug-likeness (QED) is 0.810. The number of allylic oxidation sites excluding steroid dienone is 1. The Morgan fingerprint density at radius 3 is 3.08 bits per heavy atom. The van der Waals surface area contributed by atoms with Crippen molar-refractivity contribution in [1.29, 1.82) is 0 Å². The van der Waals surface area contributed by atoms with Crippen LogP contribution in [0, 0.1) is 0 Å². The number of fused-ring (bicyclic) bond motifs is 1. The predicted molar refractivity (Wildman–Crippen MR) is 88.7 cm³/mol. The fourth-order valence-corrected chi connectivity index (χ4v) is 3.29. The highest BCUT2D eigenvalue weighted by molar-refractivity contribution is 5.87. The molecule has 0 fully saturated rings. The molecule has 1 aliphatic rings. The van der Waals surface area contributed by atoms with Gasteiger partial charge in [-0.25, -0.2) is 14.8 Å². The van der Waals surface area contributed by atoms with Crippen molar-refractivity contribution in [1.82, 2.24) is 24.6 Å². The first kappa shape index (κ1) is 16.3. The van der Waals surface area contributed by atoms with Gasteiger partial charge in [0.05, 0.1) is 12.2 Å². The van der Waals surface area contributed by atoms with Gasteiger partial charge in [-0.05, 0) is 32.4 Å². The summed E-state index contributed by atoms with van der Waals surface area (Å²) in [5.41, 5.74) is 3.01. The van der Waals surface area contributed by atoms with E-state index in [-0.39, 0.29) is 11.7 Å². The van der Waals surface area contributed by atoms with Gasteiger partial charge < -0.3 is 5.11 Å². The summed E-state index contributed by atoms with van der Waals surface area (Å²) in [6, 6.07) is 2.17. The summed E-state index contributed by atoms with van der Waals surface area (Å²) < 4.78 is 1.77. The van der Waals surface area contributed by atoms with Crippen LogP contribution < -0.4 is 0 Å². The van der Waals surface area contributed by atoms with E-state index in [1.807, 2.05) is 13.1 Å². The Hall–Kier alpha value is -2.54. The number of likely N-dealkylation sites (N-methyl/N-ethyl adjacent to an activating group) is 1. The first-order chi connectivity index (χ1) is 11.6. The number of nitrogens with zero attached hydrogens (tertiary/aromatic N) is 5. The van der Waals surface area contributed by atoms with Crippen molar-refractivity contribution in [3.63, 3.8) is 0 Å². The van der Waals surface area contributed by atoms with Crippen LogP contribution in [0.2, 0.25) is 0 Å². The largest absolute Gasteiger partial charge is 0.476 e. The third-order valence-corrected chi connectivity index (χ3v) is 4.50. The minimum absolute atomic E-state index is 0.173. The fourth-order valence-electron chi connectivity index (χ4n) is 3.29. The molecule has 0 radical (unpaired) electrons. The molecule has 126 valence electrons. The number of carboxylic acids is 1. The highest BCUT2D eigenvalue weighted by Crippen LogP contribution is 2.27. The van der Waals surface area contributed by atoms with Crippen LogP contribution in [0.1, 0.15) is 33.9 Å². The van der Waals surface area contributed by atoms with E-state index < -0.39 is 5.97 Å². The van der Waals surface area contributed by atoms with Crippen molar-refractivity contribution >= 4 is 5.97 Å². The lowest BCUT2D eigenvalue weighted by molar-refractivity contribution is 0.0687. The molecular weight excluding hydrogens is 306 g/mol. The summed E-state index contributed by atoms with van der Waals surface area (Å²) in [4.78, 5) is 21.9. The number of carboxylic acid groups (broad SMARTS) is 1. The highest BCUT2D eigenvalue weighted by atomic mass is 16.4. The maximum Gasteiger partial charge on any atom is 0.356 e. The Labute approximate surface area is 140 Å². The van der Waals surface area contributed by atoms with Gasteiger partial charge in [-0.3, -0.25) is 9.58 Å². The third-order valence-electron chi connectivity index (χ3n) is 4.50. The lowest BCUT2D eigenvalue weighted by Crippen LogP contribution is -2.36. The van der Waals surface area contributed by atoms with E-state index >= 15 is 0 Å². The van der Waals surface area contributed by atoms with E-state index in [4.69, 9.17) is 0 Å².